The third-order valence-electron chi connectivity index (χ3n) is 5.58. The average molecular weight is 426 g/mol. The van der Waals surface area contributed by atoms with Crippen LogP contribution in [0.1, 0.15) is 84.6 Å². The minimum Gasteiger partial charge on any atom is -0.307 e. The molecule has 168 valence electrons. The molecule has 4 nitrogen and oxygen atoms in total. The minimum absolute atomic E-state index is 0.260. The first-order chi connectivity index (χ1) is 14.1. The smallest absolute Gasteiger partial charge is 0.307 e. The van der Waals surface area contributed by atoms with Gasteiger partial charge in [-0.3, -0.25) is 4.57 Å². The zero-order valence-corrected chi connectivity index (χ0v) is 20.1. The zero-order chi connectivity index (χ0) is 21.4. The van der Waals surface area contributed by atoms with Gasteiger partial charge < -0.3 is 14.4 Å². The second-order valence-electron chi connectivity index (χ2n) is 8.11. The molecule has 1 rings (SSSR count). The van der Waals surface area contributed by atoms with Crippen molar-refractivity contribution in [2.75, 3.05) is 19.5 Å². The summed E-state index contributed by atoms with van der Waals surface area (Å²) < 4.78 is 25.5. The molecule has 1 aromatic rings. The van der Waals surface area contributed by atoms with Crippen molar-refractivity contribution in [1.82, 2.24) is 5.32 Å². The second kappa shape index (κ2) is 16.1. The molecule has 0 bridgehead atoms. The van der Waals surface area contributed by atoms with Crippen LogP contribution in [0.4, 0.5) is 0 Å². The summed E-state index contributed by atoms with van der Waals surface area (Å²) in [6.07, 6.45) is 9.34. The fourth-order valence-electron chi connectivity index (χ4n) is 3.30. The molecular weight excluding hydrogens is 381 g/mol. The van der Waals surface area contributed by atoms with E-state index in [-0.39, 0.29) is 6.29 Å². The Labute approximate surface area is 179 Å². The zero-order valence-electron chi connectivity index (χ0n) is 19.2. The van der Waals surface area contributed by atoms with Crippen LogP contribution in [0.3, 0.4) is 0 Å². The standard InChI is InChI=1S/C24H44NO3P/c1-5-9-14-22(7-3)19-27-29(26,28-20-23(8-4)15-10-6-2)21-25-18-24-16-12-11-13-17-24/h11-13,16-17,22-23,25H,5-10,14-15,18-21H2,1-4H3. The molecule has 0 aliphatic rings. The molecule has 0 amide bonds. The lowest BCUT2D eigenvalue weighted by molar-refractivity contribution is 0.150. The van der Waals surface area contributed by atoms with E-state index in [1.165, 1.54) is 31.2 Å². The van der Waals surface area contributed by atoms with Crippen LogP contribution in [0.25, 0.3) is 0 Å². The molecule has 5 heteroatoms. The highest BCUT2D eigenvalue weighted by molar-refractivity contribution is 7.53. The Hall–Kier alpha value is -0.670. The van der Waals surface area contributed by atoms with Gasteiger partial charge in [0, 0.05) is 6.54 Å². The fraction of sp³-hybridized carbons (Fsp3) is 0.750. The third-order valence-corrected chi connectivity index (χ3v) is 7.27. The SMILES string of the molecule is CCCCC(CC)COP(=O)(CNCc1ccccc1)OCC(CC)CCCC. The lowest BCUT2D eigenvalue weighted by atomic mass is 10.0. The quantitative estimate of drug-likeness (QED) is 0.249. The van der Waals surface area contributed by atoms with Crippen molar-refractivity contribution >= 4 is 7.60 Å². The third kappa shape index (κ3) is 11.9. The largest absolute Gasteiger partial charge is 0.344 e. The van der Waals surface area contributed by atoms with Crippen LogP contribution in [-0.4, -0.2) is 19.5 Å². The van der Waals surface area contributed by atoms with E-state index in [2.05, 4.69) is 45.1 Å². The predicted molar refractivity (Wildman–Crippen MR) is 124 cm³/mol. The van der Waals surface area contributed by atoms with E-state index in [9.17, 15) is 4.57 Å². The Kier molecular flexibility index (Phi) is 14.6. The van der Waals surface area contributed by atoms with Crippen molar-refractivity contribution in [3.63, 3.8) is 0 Å². The van der Waals surface area contributed by atoms with Gasteiger partial charge in [-0.2, -0.15) is 0 Å². The summed E-state index contributed by atoms with van der Waals surface area (Å²) in [5.41, 5.74) is 1.17. The van der Waals surface area contributed by atoms with Crippen molar-refractivity contribution in [1.29, 1.82) is 0 Å². The highest BCUT2D eigenvalue weighted by Crippen LogP contribution is 2.48. The number of hydrogen-bond donors (Lipinski definition) is 1. The molecule has 2 unspecified atom stereocenters. The Balaban J connectivity index is 2.64. The van der Waals surface area contributed by atoms with Gasteiger partial charge in [0.25, 0.3) is 0 Å². The van der Waals surface area contributed by atoms with Gasteiger partial charge in [0.1, 0.15) is 0 Å². The summed E-state index contributed by atoms with van der Waals surface area (Å²) in [6, 6.07) is 10.2. The number of nitrogens with one attached hydrogen (secondary N) is 1. The minimum atomic E-state index is -3.17. The summed E-state index contributed by atoms with van der Waals surface area (Å²) in [4.78, 5) is 0. The Morgan fingerprint density at radius 3 is 1.83 bits per heavy atom. The summed E-state index contributed by atoms with van der Waals surface area (Å²) in [7, 11) is -3.17. The van der Waals surface area contributed by atoms with Crippen LogP contribution in [0.5, 0.6) is 0 Å². The number of rotatable bonds is 18. The van der Waals surface area contributed by atoms with Crippen LogP contribution in [-0.2, 0) is 20.2 Å². The van der Waals surface area contributed by atoms with Crippen LogP contribution in [0.15, 0.2) is 30.3 Å². The molecule has 0 saturated carbocycles. The van der Waals surface area contributed by atoms with Gasteiger partial charge in [-0.25, -0.2) is 0 Å². The maximum atomic E-state index is 13.5. The van der Waals surface area contributed by atoms with Crippen molar-refractivity contribution in [2.45, 2.75) is 85.6 Å². The van der Waals surface area contributed by atoms with Gasteiger partial charge in [-0.05, 0) is 30.2 Å². The monoisotopic (exact) mass is 425 g/mol. The first-order valence-corrected chi connectivity index (χ1v) is 13.4. The topological polar surface area (TPSA) is 47.6 Å². The molecular formula is C24H44NO3P. The maximum Gasteiger partial charge on any atom is 0.344 e. The van der Waals surface area contributed by atoms with Crippen LogP contribution < -0.4 is 5.32 Å². The summed E-state index contributed by atoms with van der Waals surface area (Å²) in [5, 5.41) is 3.30. The second-order valence-corrected chi connectivity index (χ2v) is 10.2. The van der Waals surface area contributed by atoms with Crippen LogP contribution in [0, 0.1) is 11.8 Å². The molecule has 1 aromatic carbocycles. The van der Waals surface area contributed by atoms with Gasteiger partial charge in [-0.1, -0.05) is 96.6 Å². The number of benzene rings is 1. The van der Waals surface area contributed by atoms with E-state index in [1.807, 2.05) is 18.2 Å². The Morgan fingerprint density at radius 1 is 0.862 bits per heavy atom. The van der Waals surface area contributed by atoms with Crippen molar-refractivity contribution < 1.29 is 13.6 Å². The lowest BCUT2D eigenvalue weighted by Crippen LogP contribution is -2.20. The highest BCUT2D eigenvalue weighted by atomic mass is 31.2. The fourth-order valence-corrected chi connectivity index (χ4v) is 4.81. The molecule has 0 aromatic heterocycles. The molecule has 0 spiro atoms. The van der Waals surface area contributed by atoms with Gasteiger partial charge in [-0.15, -0.1) is 0 Å². The summed E-state index contributed by atoms with van der Waals surface area (Å²) in [6.45, 7) is 10.5. The average Bonchev–Trinajstić information content (AvgIpc) is 2.75. The molecule has 29 heavy (non-hydrogen) atoms. The maximum absolute atomic E-state index is 13.5. The predicted octanol–water partition coefficient (Wildman–Crippen LogP) is 7.39. The number of hydrogen-bond acceptors (Lipinski definition) is 4. The van der Waals surface area contributed by atoms with Gasteiger partial charge in [0.15, 0.2) is 0 Å². The molecule has 2 atom stereocenters. The molecule has 0 saturated heterocycles. The molecule has 0 radical (unpaired) electrons. The van der Waals surface area contributed by atoms with Crippen LogP contribution >= 0.6 is 7.60 Å². The normalized spacial score (nSPS) is 15.7. The van der Waals surface area contributed by atoms with E-state index in [1.54, 1.807) is 0 Å². The molecule has 0 heterocycles. The van der Waals surface area contributed by atoms with E-state index < -0.39 is 7.60 Å². The van der Waals surface area contributed by atoms with E-state index in [0.717, 1.165) is 25.7 Å². The first kappa shape index (κ1) is 26.4. The molecule has 0 fully saturated rings. The van der Waals surface area contributed by atoms with Gasteiger partial charge >= 0.3 is 7.60 Å². The molecule has 0 aliphatic heterocycles. The van der Waals surface area contributed by atoms with Gasteiger partial charge in [0.05, 0.1) is 19.5 Å². The molecule has 1 N–H and O–H groups in total. The van der Waals surface area contributed by atoms with E-state index >= 15 is 0 Å². The van der Waals surface area contributed by atoms with Crippen molar-refractivity contribution in [3.8, 4) is 0 Å². The van der Waals surface area contributed by atoms with E-state index in [4.69, 9.17) is 9.05 Å². The van der Waals surface area contributed by atoms with E-state index in [0.29, 0.717) is 31.6 Å². The summed E-state index contributed by atoms with van der Waals surface area (Å²) >= 11 is 0. The number of unbranched alkanes of at least 4 members (excludes halogenated alkanes) is 2. The van der Waals surface area contributed by atoms with Gasteiger partial charge in [0.2, 0.25) is 0 Å². The Bertz CT molecular complexity index is 528. The first-order valence-electron chi connectivity index (χ1n) is 11.7. The lowest BCUT2D eigenvalue weighted by Gasteiger charge is -2.24. The molecule has 0 aliphatic carbocycles. The van der Waals surface area contributed by atoms with Crippen molar-refractivity contribution in [2.24, 2.45) is 11.8 Å². The Morgan fingerprint density at radius 2 is 1.38 bits per heavy atom. The van der Waals surface area contributed by atoms with Crippen molar-refractivity contribution in [3.05, 3.63) is 35.9 Å². The highest BCUT2D eigenvalue weighted by Gasteiger charge is 2.27. The summed E-state index contributed by atoms with van der Waals surface area (Å²) in [5.74, 6) is 0.895. The van der Waals surface area contributed by atoms with Crippen LogP contribution in [0.2, 0.25) is 0 Å².